The summed E-state index contributed by atoms with van der Waals surface area (Å²) in [6, 6.07) is 4.32. The molecule has 0 atom stereocenters. The van der Waals surface area contributed by atoms with Crippen LogP contribution < -0.4 is 4.90 Å². The van der Waals surface area contributed by atoms with Gasteiger partial charge in [0.15, 0.2) is 0 Å². The van der Waals surface area contributed by atoms with Gasteiger partial charge in [0.05, 0.1) is 30.0 Å². The molecule has 1 saturated heterocycles. The number of ether oxygens (including phenoxy) is 1. The van der Waals surface area contributed by atoms with E-state index in [-0.39, 0.29) is 11.3 Å². The molecule has 0 aliphatic carbocycles. The number of carbonyl (C=O) groups is 2. The second kappa shape index (κ2) is 9.89. The van der Waals surface area contributed by atoms with Crippen LogP contribution in [0.5, 0.6) is 0 Å². The summed E-state index contributed by atoms with van der Waals surface area (Å²) in [5.74, 6) is -1.26. The number of nitriles is 1. The third kappa shape index (κ3) is 5.17. The van der Waals surface area contributed by atoms with Gasteiger partial charge in [-0.05, 0) is 56.7 Å². The molecule has 2 aliphatic rings. The molecular formula is C22H23F3N4O3S. The van der Waals surface area contributed by atoms with E-state index in [1.807, 2.05) is 4.90 Å². The van der Waals surface area contributed by atoms with E-state index in [2.05, 4.69) is 4.90 Å². The Morgan fingerprint density at radius 1 is 1.18 bits per heavy atom. The molecule has 0 saturated carbocycles. The molecule has 0 spiro atoms. The van der Waals surface area contributed by atoms with Crippen LogP contribution in [0, 0.1) is 11.3 Å². The first-order valence-electron chi connectivity index (χ1n) is 10.3. The number of imide groups is 1. The Labute approximate surface area is 195 Å². The van der Waals surface area contributed by atoms with Crippen molar-refractivity contribution in [1.82, 2.24) is 9.80 Å². The molecule has 0 unspecified atom stereocenters. The Balaban J connectivity index is 1.65. The van der Waals surface area contributed by atoms with Crippen molar-refractivity contribution in [2.24, 2.45) is 0 Å². The minimum absolute atomic E-state index is 0.198. The van der Waals surface area contributed by atoms with Crippen LogP contribution in [-0.2, 0) is 20.5 Å². The lowest BCUT2D eigenvalue weighted by molar-refractivity contribution is -0.138. The summed E-state index contributed by atoms with van der Waals surface area (Å²) in [4.78, 5) is 30.6. The Hall–Kier alpha value is -2.97. The fraction of sp³-hybridized carbons (Fsp3) is 0.455. The van der Waals surface area contributed by atoms with Gasteiger partial charge in [-0.2, -0.15) is 18.4 Å². The number of hydrogen-bond donors (Lipinski definition) is 0. The third-order valence-electron chi connectivity index (χ3n) is 5.83. The van der Waals surface area contributed by atoms with Crippen LogP contribution in [0.3, 0.4) is 0 Å². The van der Waals surface area contributed by atoms with Gasteiger partial charge in [0.1, 0.15) is 0 Å². The van der Waals surface area contributed by atoms with Gasteiger partial charge >= 0.3 is 6.18 Å². The standard InChI is InChI=1S/C22H23F3N4O3S/c1-14-17(4-3-7-27-8-10-28(11-9-27)21(33)32-2)20(31)29(19(14)30)16-6-5-15(13-26)18(12-16)22(23,24)25/h5-6,12H,3-4,7-11H2,1-2H3. The number of amides is 2. The van der Waals surface area contributed by atoms with Crippen LogP contribution in [0.4, 0.5) is 18.9 Å². The molecule has 3 rings (SSSR count). The molecule has 2 aliphatic heterocycles. The zero-order valence-corrected chi connectivity index (χ0v) is 19.1. The molecular weight excluding hydrogens is 457 g/mol. The average Bonchev–Trinajstić information content (AvgIpc) is 3.01. The lowest BCUT2D eigenvalue weighted by Crippen LogP contribution is -2.48. The van der Waals surface area contributed by atoms with Gasteiger partial charge in [-0.1, -0.05) is 0 Å². The number of hydrogen-bond acceptors (Lipinski definition) is 6. The molecule has 1 aromatic carbocycles. The van der Waals surface area contributed by atoms with E-state index in [9.17, 15) is 22.8 Å². The van der Waals surface area contributed by atoms with Crippen LogP contribution in [0.15, 0.2) is 29.3 Å². The zero-order valence-electron chi connectivity index (χ0n) is 18.2. The number of alkyl halides is 3. The number of benzene rings is 1. The average molecular weight is 481 g/mol. The molecule has 0 N–H and O–H groups in total. The number of thiocarbonyl (C=S) groups is 1. The summed E-state index contributed by atoms with van der Waals surface area (Å²) >= 11 is 5.13. The second-order valence-electron chi connectivity index (χ2n) is 7.79. The first-order valence-corrected chi connectivity index (χ1v) is 10.7. The maximum Gasteiger partial charge on any atom is 0.417 e. The fourth-order valence-electron chi connectivity index (χ4n) is 3.98. The van der Waals surface area contributed by atoms with Crippen molar-refractivity contribution in [3.63, 3.8) is 0 Å². The van der Waals surface area contributed by atoms with E-state index in [0.29, 0.717) is 36.2 Å². The molecule has 0 aromatic heterocycles. The second-order valence-corrected chi connectivity index (χ2v) is 8.14. The SMILES string of the molecule is COC(=S)N1CCN(CCCC2=C(C)C(=O)N(c3ccc(C#N)c(C(F)(F)F)c3)C2=O)CC1. The van der Waals surface area contributed by atoms with Crippen molar-refractivity contribution in [1.29, 1.82) is 5.26 Å². The summed E-state index contributed by atoms with van der Waals surface area (Å²) in [7, 11) is 1.54. The molecule has 2 amide bonds. The van der Waals surface area contributed by atoms with Gasteiger partial charge in [-0.25, -0.2) is 4.90 Å². The number of piperazine rings is 1. The molecule has 1 fully saturated rings. The van der Waals surface area contributed by atoms with Crippen LogP contribution in [0.25, 0.3) is 0 Å². The predicted octanol–water partition coefficient (Wildman–Crippen LogP) is 3.10. The lowest BCUT2D eigenvalue weighted by Gasteiger charge is -2.35. The minimum atomic E-state index is -4.78. The third-order valence-corrected chi connectivity index (χ3v) is 6.26. The van der Waals surface area contributed by atoms with E-state index in [4.69, 9.17) is 22.2 Å². The highest BCUT2D eigenvalue weighted by Crippen LogP contribution is 2.36. The summed E-state index contributed by atoms with van der Waals surface area (Å²) in [6.45, 7) is 5.26. The van der Waals surface area contributed by atoms with Crippen LogP contribution >= 0.6 is 12.2 Å². The van der Waals surface area contributed by atoms with E-state index in [1.165, 1.54) is 26.2 Å². The molecule has 2 heterocycles. The van der Waals surface area contributed by atoms with Gasteiger partial charge in [0.25, 0.3) is 17.0 Å². The van der Waals surface area contributed by atoms with Crippen LogP contribution in [-0.4, -0.2) is 66.6 Å². The maximum atomic E-state index is 13.3. The number of methoxy groups -OCH3 is 1. The van der Waals surface area contributed by atoms with Crippen molar-refractivity contribution in [3.8, 4) is 6.07 Å². The van der Waals surface area contributed by atoms with Crippen LogP contribution in [0.1, 0.15) is 30.9 Å². The Morgan fingerprint density at radius 2 is 1.85 bits per heavy atom. The van der Waals surface area contributed by atoms with Crippen molar-refractivity contribution >= 4 is 34.9 Å². The summed E-state index contributed by atoms with van der Waals surface area (Å²) < 4.78 is 45.0. The van der Waals surface area contributed by atoms with Gasteiger partial charge in [0, 0.05) is 37.3 Å². The highest BCUT2D eigenvalue weighted by Gasteiger charge is 2.39. The maximum absolute atomic E-state index is 13.3. The van der Waals surface area contributed by atoms with E-state index < -0.39 is 29.1 Å². The Kier molecular flexibility index (Phi) is 7.39. The highest BCUT2D eigenvalue weighted by molar-refractivity contribution is 7.80. The fourth-order valence-corrected chi connectivity index (χ4v) is 4.16. The quantitative estimate of drug-likeness (QED) is 0.474. The molecule has 1 aromatic rings. The monoisotopic (exact) mass is 480 g/mol. The molecule has 0 bridgehead atoms. The highest BCUT2D eigenvalue weighted by atomic mass is 32.1. The number of halogens is 3. The number of carbonyl (C=O) groups excluding carboxylic acids is 2. The molecule has 11 heteroatoms. The van der Waals surface area contributed by atoms with Gasteiger partial charge in [0.2, 0.25) is 0 Å². The van der Waals surface area contributed by atoms with Gasteiger partial charge in [-0.3, -0.25) is 14.5 Å². The largest absolute Gasteiger partial charge is 0.474 e. The number of anilines is 1. The van der Waals surface area contributed by atoms with Crippen LogP contribution in [0.2, 0.25) is 0 Å². The number of rotatable bonds is 5. The summed E-state index contributed by atoms with van der Waals surface area (Å²) in [5.41, 5.74) is -1.41. The number of nitrogens with zero attached hydrogens (tertiary/aromatic N) is 4. The molecule has 33 heavy (non-hydrogen) atoms. The minimum Gasteiger partial charge on any atom is -0.474 e. The van der Waals surface area contributed by atoms with E-state index in [0.717, 1.165) is 37.1 Å². The first kappa shape index (κ1) is 24.7. The van der Waals surface area contributed by atoms with Gasteiger partial charge < -0.3 is 9.64 Å². The van der Waals surface area contributed by atoms with Gasteiger partial charge in [-0.15, -0.1) is 0 Å². The Bertz CT molecular complexity index is 1040. The van der Waals surface area contributed by atoms with Crippen molar-refractivity contribution in [3.05, 3.63) is 40.5 Å². The predicted molar refractivity (Wildman–Crippen MR) is 118 cm³/mol. The zero-order chi connectivity index (χ0) is 24.3. The van der Waals surface area contributed by atoms with E-state index >= 15 is 0 Å². The smallest absolute Gasteiger partial charge is 0.417 e. The normalized spacial score (nSPS) is 17.6. The van der Waals surface area contributed by atoms with Crippen molar-refractivity contribution in [2.45, 2.75) is 25.9 Å². The molecule has 7 nitrogen and oxygen atoms in total. The first-order chi connectivity index (χ1) is 15.6. The summed E-state index contributed by atoms with van der Waals surface area (Å²) in [5, 5.41) is 9.42. The summed E-state index contributed by atoms with van der Waals surface area (Å²) in [6.07, 6.45) is -3.82. The topological polar surface area (TPSA) is 76.9 Å². The molecule has 0 radical (unpaired) electrons. The Morgan fingerprint density at radius 3 is 2.42 bits per heavy atom. The van der Waals surface area contributed by atoms with Crippen molar-refractivity contribution < 1.29 is 27.5 Å². The molecule has 176 valence electrons. The lowest BCUT2D eigenvalue weighted by atomic mass is 10.1. The van der Waals surface area contributed by atoms with E-state index in [1.54, 1.807) is 0 Å². The van der Waals surface area contributed by atoms with Crippen molar-refractivity contribution in [2.75, 3.05) is 44.7 Å².